The number of carboxylic acid groups (broad SMARTS) is 1. The lowest BCUT2D eigenvalue weighted by Gasteiger charge is -2.09. The van der Waals surface area contributed by atoms with E-state index in [-0.39, 0.29) is 6.42 Å². The molecule has 0 saturated carbocycles. The molecule has 6 heteroatoms. The Kier molecular flexibility index (Phi) is 4.22. The molecule has 0 fully saturated rings. The summed E-state index contributed by atoms with van der Waals surface area (Å²) in [5.74, 6) is -0.00873. The quantitative estimate of drug-likeness (QED) is 0.853. The van der Waals surface area contributed by atoms with E-state index in [0.717, 1.165) is 29.9 Å². The molecule has 1 aromatic carbocycles. The van der Waals surface area contributed by atoms with Crippen LogP contribution in [0.25, 0.3) is 5.69 Å². The summed E-state index contributed by atoms with van der Waals surface area (Å²) in [5, 5.41) is 20.5. The van der Waals surface area contributed by atoms with E-state index < -0.39 is 5.97 Å². The van der Waals surface area contributed by atoms with Crippen molar-refractivity contribution in [1.29, 1.82) is 0 Å². The van der Waals surface area contributed by atoms with E-state index in [1.165, 1.54) is 0 Å². The van der Waals surface area contributed by atoms with E-state index in [4.69, 9.17) is 5.11 Å². The zero-order valence-corrected chi connectivity index (χ0v) is 10.8. The molecule has 6 nitrogen and oxygen atoms in total. The Hall–Kier alpha value is -2.24. The van der Waals surface area contributed by atoms with E-state index in [9.17, 15) is 4.79 Å². The fraction of sp³-hybridized carbons (Fsp3) is 0.385. The highest BCUT2D eigenvalue weighted by molar-refractivity contribution is 5.67. The van der Waals surface area contributed by atoms with Crippen LogP contribution in [0.15, 0.2) is 24.3 Å². The minimum Gasteiger partial charge on any atom is -0.481 e. The summed E-state index contributed by atoms with van der Waals surface area (Å²) in [5.41, 5.74) is 1.80. The van der Waals surface area contributed by atoms with E-state index in [1.54, 1.807) is 4.68 Å². The number of nitrogens with zero attached hydrogens (tertiary/aromatic N) is 4. The van der Waals surface area contributed by atoms with Crippen molar-refractivity contribution in [3.63, 3.8) is 0 Å². The fourth-order valence-electron chi connectivity index (χ4n) is 1.94. The van der Waals surface area contributed by atoms with Crippen molar-refractivity contribution in [3.05, 3.63) is 35.7 Å². The minimum atomic E-state index is -0.805. The van der Waals surface area contributed by atoms with Crippen molar-refractivity contribution in [3.8, 4) is 5.69 Å². The van der Waals surface area contributed by atoms with Crippen LogP contribution in [0.1, 0.15) is 31.2 Å². The molecule has 0 saturated heterocycles. The first kappa shape index (κ1) is 13.2. The van der Waals surface area contributed by atoms with E-state index in [2.05, 4.69) is 22.4 Å². The van der Waals surface area contributed by atoms with Crippen molar-refractivity contribution in [2.45, 2.75) is 32.6 Å². The summed E-state index contributed by atoms with van der Waals surface area (Å²) >= 11 is 0. The van der Waals surface area contributed by atoms with Gasteiger partial charge in [-0.1, -0.05) is 25.1 Å². The number of tetrazole rings is 1. The number of benzene rings is 1. The van der Waals surface area contributed by atoms with Gasteiger partial charge in [-0.25, -0.2) is 0 Å². The van der Waals surface area contributed by atoms with Crippen LogP contribution in [0.3, 0.4) is 0 Å². The molecule has 2 rings (SSSR count). The largest absolute Gasteiger partial charge is 0.481 e. The van der Waals surface area contributed by atoms with Crippen molar-refractivity contribution >= 4 is 5.97 Å². The van der Waals surface area contributed by atoms with Crippen LogP contribution in [0, 0.1) is 0 Å². The zero-order valence-electron chi connectivity index (χ0n) is 10.8. The Labute approximate surface area is 111 Å². The second kappa shape index (κ2) is 6.08. The van der Waals surface area contributed by atoms with Crippen LogP contribution in [-0.2, 0) is 17.6 Å². The predicted molar refractivity (Wildman–Crippen MR) is 69.1 cm³/mol. The summed E-state index contributed by atoms with van der Waals surface area (Å²) in [7, 11) is 0. The van der Waals surface area contributed by atoms with E-state index in [1.807, 2.05) is 24.3 Å². The highest BCUT2D eigenvalue weighted by Crippen LogP contribution is 2.16. The van der Waals surface area contributed by atoms with Crippen LogP contribution in [0.2, 0.25) is 0 Å². The molecule has 1 heterocycles. The number of aromatic nitrogens is 4. The Bertz CT molecular complexity index is 565. The number of hydrogen-bond acceptors (Lipinski definition) is 4. The smallest absolute Gasteiger partial charge is 0.303 e. The number of para-hydroxylation sites is 1. The number of rotatable bonds is 6. The van der Waals surface area contributed by atoms with Crippen molar-refractivity contribution < 1.29 is 9.90 Å². The van der Waals surface area contributed by atoms with Crippen molar-refractivity contribution in [2.75, 3.05) is 0 Å². The molecule has 0 spiro atoms. The summed E-state index contributed by atoms with van der Waals surface area (Å²) in [4.78, 5) is 10.7. The van der Waals surface area contributed by atoms with Gasteiger partial charge in [-0.3, -0.25) is 4.79 Å². The Morgan fingerprint density at radius 2 is 2.11 bits per heavy atom. The predicted octanol–water partition coefficient (Wildman–Crippen LogP) is 1.63. The van der Waals surface area contributed by atoms with Gasteiger partial charge in [0, 0.05) is 12.8 Å². The van der Waals surface area contributed by atoms with Gasteiger partial charge in [0.25, 0.3) is 0 Å². The normalized spacial score (nSPS) is 10.6. The Balaban J connectivity index is 2.32. The summed E-state index contributed by atoms with van der Waals surface area (Å²) < 4.78 is 1.70. The Morgan fingerprint density at radius 1 is 1.32 bits per heavy atom. The van der Waals surface area contributed by atoms with Crippen LogP contribution in [-0.4, -0.2) is 31.3 Å². The number of carboxylic acids is 1. The molecule has 0 atom stereocenters. The molecule has 0 aliphatic carbocycles. The molecule has 19 heavy (non-hydrogen) atoms. The average Bonchev–Trinajstić information content (AvgIpc) is 2.85. The zero-order chi connectivity index (χ0) is 13.7. The number of hydrogen-bond donors (Lipinski definition) is 1. The van der Waals surface area contributed by atoms with Gasteiger partial charge in [0.1, 0.15) is 0 Å². The van der Waals surface area contributed by atoms with Gasteiger partial charge in [-0.05, 0) is 34.9 Å². The average molecular weight is 260 g/mol. The molecular weight excluding hydrogens is 244 g/mol. The molecule has 100 valence electrons. The molecule has 1 aromatic heterocycles. The molecule has 0 amide bonds. The highest BCUT2D eigenvalue weighted by Gasteiger charge is 2.11. The van der Waals surface area contributed by atoms with Gasteiger partial charge in [0.15, 0.2) is 5.82 Å². The summed E-state index contributed by atoms with van der Waals surface area (Å²) in [6.07, 6.45) is 2.32. The van der Waals surface area contributed by atoms with Crippen LogP contribution >= 0.6 is 0 Å². The van der Waals surface area contributed by atoms with Crippen molar-refractivity contribution in [2.24, 2.45) is 0 Å². The molecule has 0 unspecified atom stereocenters. The van der Waals surface area contributed by atoms with Crippen molar-refractivity contribution in [1.82, 2.24) is 20.2 Å². The van der Waals surface area contributed by atoms with E-state index in [0.29, 0.717) is 6.42 Å². The molecule has 0 radical (unpaired) electrons. The molecule has 0 aliphatic rings. The minimum absolute atomic E-state index is 0.0995. The second-order valence-corrected chi connectivity index (χ2v) is 4.28. The number of carbonyl (C=O) groups is 1. The van der Waals surface area contributed by atoms with Crippen LogP contribution < -0.4 is 0 Å². The Morgan fingerprint density at radius 3 is 2.84 bits per heavy atom. The lowest BCUT2D eigenvalue weighted by Crippen LogP contribution is -2.07. The standard InChI is InChI=1S/C13H16N4O2/c1-2-5-12-14-15-16-17(12)11-7-4-3-6-10(11)8-9-13(18)19/h3-4,6-7H,2,5,8-9H2,1H3,(H,18,19). The van der Waals surface area contributed by atoms with Gasteiger partial charge in [0.2, 0.25) is 0 Å². The van der Waals surface area contributed by atoms with Crippen LogP contribution in [0.5, 0.6) is 0 Å². The maximum absolute atomic E-state index is 10.7. The number of aryl methyl sites for hydroxylation is 2. The first-order valence-electron chi connectivity index (χ1n) is 6.29. The molecular formula is C13H16N4O2. The van der Waals surface area contributed by atoms with Gasteiger partial charge in [-0.15, -0.1) is 5.10 Å². The SMILES string of the molecule is CCCc1nnnn1-c1ccccc1CCC(=O)O. The van der Waals surface area contributed by atoms with Gasteiger partial charge < -0.3 is 5.11 Å². The van der Waals surface area contributed by atoms with Crippen LogP contribution in [0.4, 0.5) is 0 Å². The fourth-order valence-corrected chi connectivity index (χ4v) is 1.94. The third-order valence-electron chi connectivity index (χ3n) is 2.84. The third-order valence-corrected chi connectivity index (χ3v) is 2.84. The lowest BCUT2D eigenvalue weighted by atomic mass is 10.1. The second-order valence-electron chi connectivity index (χ2n) is 4.28. The van der Waals surface area contributed by atoms with Gasteiger partial charge >= 0.3 is 5.97 Å². The van der Waals surface area contributed by atoms with E-state index >= 15 is 0 Å². The molecule has 2 aromatic rings. The molecule has 1 N–H and O–H groups in total. The highest BCUT2D eigenvalue weighted by atomic mass is 16.4. The van der Waals surface area contributed by atoms with Gasteiger partial charge in [0.05, 0.1) is 5.69 Å². The molecule has 0 aliphatic heterocycles. The topological polar surface area (TPSA) is 80.9 Å². The lowest BCUT2D eigenvalue weighted by molar-refractivity contribution is -0.136. The first-order chi connectivity index (χ1) is 9.22. The maximum Gasteiger partial charge on any atom is 0.303 e. The summed E-state index contributed by atoms with van der Waals surface area (Å²) in [6, 6.07) is 7.62. The first-order valence-corrected chi connectivity index (χ1v) is 6.29. The monoisotopic (exact) mass is 260 g/mol. The molecule has 0 bridgehead atoms. The number of aliphatic carboxylic acids is 1. The third kappa shape index (κ3) is 3.15. The van der Waals surface area contributed by atoms with Gasteiger partial charge in [-0.2, -0.15) is 4.68 Å². The summed E-state index contributed by atoms with van der Waals surface area (Å²) in [6.45, 7) is 2.06. The maximum atomic E-state index is 10.7.